The Kier molecular flexibility index (Phi) is 9.69. The third-order valence-electron chi connectivity index (χ3n) is 6.85. The van der Waals surface area contributed by atoms with E-state index in [9.17, 15) is 27.6 Å². The number of nitrogens with one attached hydrogen (secondary N) is 2. The van der Waals surface area contributed by atoms with Gasteiger partial charge in [-0.2, -0.15) is 13.2 Å². The van der Waals surface area contributed by atoms with E-state index in [0.29, 0.717) is 28.1 Å². The van der Waals surface area contributed by atoms with Crippen molar-refractivity contribution in [3.8, 4) is 0 Å². The van der Waals surface area contributed by atoms with Gasteiger partial charge in [-0.25, -0.2) is 4.79 Å². The van der Waals surface area contributed by atoms with Crippen molar-refractivity contribution in [2.75, 3.05) is 17.7 Å². The molecule has 1 aliphatic rings. The van der Waals surface area contributed by atoms with Crippen LogP contribution in [0.3, 0.4) is 0 Å². The van der Waals surface area contributed by atoms with Gasteiger partial charge in [0.05, 0.1) is 42.1 Å². The zero-order chi connectivity index (χ0) is 31.3. The molecule has 0 atom stereocenters. The summed E-state index contributed by atoms with van der Waals surface area (Å²) in [7, 11) is 0. The van der Waals surface area contributed by atoms with E-state index >= 15 is 0 Å². The minimum absolute atomic E-state index is 0.0525. The van der Waals surface area contributed by atoms with Crippen LogP contribution in [0.2, 0.25) is 0 Å². The molecule has 9 nitrogen and oxygen atoms in total. The van der Waals surface area contributed by atoms with Crippen LogP contribution in [0.1, 0.15) is 61.5 Å². The Bertz CT molecular complexity index is 1670. The van der Waals surface area contributed by atoms with E-state index in [0.717, 1.165) is 59.2 Å². The average Bonchev–Trinajstić information content (AvgIpc) is 3.70. The van der Waals surface area contributed by atoms with Crippen LogP contribution in [0.25, 0.3) is 0 Å². The molecular formula is C30H28F3N5O4S2. The van der Waals surface area contributed by atoms with Gasteiger partial charge in [0.1, 0.15) is 5.00 Å². The summed E-state index contributed by atoms with van der Waals surface area (Å²) < 4.78 is 47.3. The van der Waals surface area contributed by atoms with Crippen LogP contribution >= 0.6 is 23.1 Å². The number of ether oxygens (including phenoxy) is 1. The molecule has 0 aliphatic heterocycles. The number of hydrogen-bond donors (Lipinski definition) is 2. The van der Waals surface area contributed by atoms with Crippen molar-refractivity contribution in [2.24, 2.45) is 0 Å². The SMILES string of the molecule is CCOC(=O)c1c(NC(=O)CSc2nnc(CNC(=O)c3ccccc3C(F)(F)F)n2Cc2ccccc2)sc2c1CCC2. The number of aryl methyl sites for hydroxylation is 1. The van der Waals surface area contributed by atoms with Gasteiger partial charge in [-0.15, -0.1) is 21.5 Å². The normalized spacial score (nSPS) is 12.5. The standard InChI is InChI=1S/C30H28F3N5O4S2/c1-2-42-28(41)25-20-12-8-14-22(20)44-27(25)35-24(39)17-43-29-37-36-23(38(29)16-18-9-4-3-5-10-18)15-34-26(40)19-11-6-7-13-21(19)30(31,32)33/h3-7,9-11,13H,2,8,12,14-17H2,1H3,(H,34,40)(H,35,39). The molecule has 2 aromatic heterocycles. The fourth-order valence-electron chi connectivity index (χ4n) is 4.87. The smallest absolute Gasteiger partial charge is 0.417 e. The van der Waals surface area contributed by atoms with E-state index in [2.05, 4.69) is 20.8 Å². The highest BCUT2D eigenvalue weighted by molar-refractivity contribution is 7.99. The van der Waals surface area contributed by atoms with Crippen molar-refractivity contribution in [1.82, 2.24) is 20.1 Å². The van der Waals surface area contributed by atoms with Gasteiger partial charge >= 0.3 is 12.1 Å². The summed E-state index contributed by atoms with van der Waals surface area (Å²) in [5.74, 6) is -1.46. The number of nitrogens with zero attached hydrogens (tertiary/aromatic N) is 3. The predicted molar refractivity (Wildman–Crippen MR) is 160 cm³/mol. The number of hydrogen-bond acceptors (Lipinski definition) is 8. The van der Waals surface area contributed by atoms with Crippen molar-refractivity contribution in [3.63, 3.8) is 0 Å². The lowest BCUT2D eigenvalue weighted by molar-refractivity contribution is -0.138. The fraction of sp³-hybridized carbons (Fsp3) is 0.300. The van der Waals surface area contributed by atoms with E-state index < -0.39 is 29.2 Å². The molecule has 0 fully saturated rings. The molecule has 44 heavy (non-hydrogen) atoms. The second-order valence-corrected chi connectivity index (χ2v) is 11.9. The highest BCUT2D eigenvalue weighted by Crippen LogP contribution is 2.39. The number of amides is 2. The number of rotatable bonds is 11. The van der Waals surface area contributed by atoms with Crippen LogP contribution in [0.15, 0.2) is 59.8 Å². The van der Waals surface area contributed by atoms with E-state index in [4.69, 9.17) is 4.74 Å². The number of thiophene rings is 1. The van der Waals surface area contributed by atoms with Crippen LogP contribution in [-0.2, 0) is 41.6 Å². The second kappa shape index (κ2) is 13.6. The van der Waals surface area contributed by atoms with Crippen LogP contribution in [0, 0.1) is 0 Å². The predicted octanol–water partition coefficient (Wildman–Crippen LogP) is 5.73. The second-order valence-electron chi connectivity index (χ2n) is 9.82. The van der Waals surface area contributed by atoms with Gasteiger partial charge in [0.2, 0.25) is 5.91 Å². The molecule has 2 heterocycles. The number of aromatic nitrogens is 3. The molecule has 2 N–H and O–H groups in total. The van der Waals surface area contributed by atoms with E-state index in [1.54, 1.807) is 11.5 Å². The Morgan fingerprint density at radius 1 is 1.05 bits per heavy atom. The Balaban J connectivity index is 1.31. The van der Waals surface area contributed by atoms with Crippen molar-refractivity contribution >= 4 is 45.9 Å². The first-order chi connectivity index (χ1) is 21.2. The third kappa shape index (κ3) is 7.13. The van der Waals surface area contributed by atoms with E-state index in [1.807, 2.05) is 30.3 Å². The Labute approximate surface area is 259 Å². The van der Waals surface area contributed by atoms with Crippen molar-refractivity contribution < 1.29 is 32.3 Å². The minimum Gasteiger partial charge on any atom is -0.462 e. The number of thioether (sulfide) groups is 1. The first-order valence-corrected chi connectivity index (χ1v) is 15.6. The summed E-state index contributed by atoms with van der Waals surface area (Å²) in [6.07, 6.45) is -2.13. The monoisotopic (exact) mass is 643 g/mol. The maximum atomic E-state index is 13.4. The van der Waals surface area contributed by atoms with Crippen LogP contribution in [0.4, 0.5) is 18.2 Å². The molecule has 0 saturated carbocycles. The molecular weight excluding hydrogens is 615 g/mol. The molecule has 0 bridgehead atoms. The molecule has 5 rings (SSSR count). The van der Waals surface area contributed by atoms with Crippen LogP contribution in [0.5, 0.6) is 0 Å². The topological polar surface area (TPSA) is 115 Å². The lowest BCUT2D eigenvalue weighted by Crippen LogP contribution is -2.27. The van der Waals surface area contributed by atoms with Crippen LogP contribution in [-0.4, -0.2) is 44.9 Å². The average molecular weight is 644 g/mol. The quantitative estimate of drug-likeness (QED) is 0.158. The molecule has 0 radical (unpaired) electrons. The van der Waals surface area contributed by atoms with Crippen molar-refractivity contribution in [1.29, 1.82) is 0 Å². The highest BCUT2D eigenvalue weighted by Gasteiger charge is 2.35. The van der Waals surface area contributed by atoms with Gasteiger partial charge in [0.25, 0.3) is 5.91 Å². The zero-order valence-electron chi connectivity index (χ0n) is 23.6. The van der Waals surface area contributed by atoms with Gasteiger partial charge in [0, 0.05) is 4.88 Å². The van der Waals surface area contributed by atoms with Gasteiger partial charge in [-0.1, -0.05) is 54.2 Å². The summed E-state index contributed by atoms with van der Waals surface area (Å²) in [4.78, 5) is 39.5. The number of fused-ring (bicyclic) bond motifs is 1. The van der Waals surface area contributed by atoms with Gasteiger partial charge < -0.3 is 19.9 Å². The zero-order valence-corrected chi connectivity index (χ0v) is 25.2. The maximum absolute atomic E-state index is 13.4. The third-order valence-corrected chi connectivity index (χ3v) is 9.02. The molecule has 14 heteroatoms. The van der Waals surface area contributed by atoms with Gasteiger partial charge in [0.15, 0.2) is 11.0 Å². The molecule has 2 aromatic carbocycles. The summed E-state index contributed by atoms with van der Waals surface area (Å²) in [6, 6.07) is 13.9. The fourth-order valence-corrected chi connectivity index (χ4v) is 6.92. The number of benzene rings is 2. The van der Waals surface area contributed by atoms with E-state index in [-0.39, 0.29) is 24.8 Å². The first-order valence-electron chi connectivity index (χ1n) is 13.8. The minimum atomic E-state index is -4.69. The lowest BCUT2D eigenvalue weighted by Gasteiger charge is -2.14. The number of carbonyl (C=O) groups excluding carboxylic acids is 3. The summed E-state index contributed by atoms with van der Waals surface area (Å²) in [5.41, 5.74) is 0.708. The molecule has 4 aromatic rings. The van der Waals surface area contributed by atoms with Gasteiger partial charge in [-0.05, 0) is 49.4 Å². The number of alkyl halides is 3. The molecule has 0 saturated heterocycles. The largest absolute Gasteiger partial charge is 0.462 e. The Morgan fingerprint density at radius 3 is 2.55 bits per heavy atom. The van der Waals surface area contributed by atoms with Gasteiger partial charge in [-0.3, -0.25) is 9.59 Å². The van der Waals surface area contributed by atoms with Crippen molar-refractivity contribution in [3.05, 3.63) is 93.1 Å². The molecule has 0 unspecified atom stereocenters. The summed E-state index contributed by atoms with van der Waals surface area (Å²) >= 11 is 2.50. The molecule has 230 valence electrons. The summed E-state index contributed by atoms with van der Waals surface area (Å²) in [5, 5.41) is 14.6. The number of anilines is 1. The number of carbonyl (C=O) groups is 3. The number of esters is 1. The molecule has 0 spiro atoms. The Hall–Kier alpha value is -4.17. The lowest BCUT2D eigenvalue weighted by atomic mass is 10.1. The Morgan fingerprint density at radius 2 is 1.80 bits per heavy atom. The van der Waals surface area contributed by atoms with Crippen LogP contribution < -0.4 is 10.6 Å². The maximum Gasteiger partial charge on any atom is 0.417 e. The van der Waals surface area contributed by atoms with Crippen molar-refractivity contribution in [2.45, 2.75) is 50.6 Å². The number of halogens is 3. The molecule has 2 amide bonds. The van der Waals surface area contributed by atoms with E-state index in [1.165, 1.54) is 23.5 Å². The highest BCUT2D eigenvalue weighted by atomic mass is 32.2. The first kappa shape index (κ1) is 31.3. The summed E-state index contributed by atoms with van der Waals surface area (Å²) in [6.45, 7) is 2.06. The molecule has 1 aliphatic carbocycles.